The summed E-state index contributed by atoms with van der Waals surface area (Å²) in [4.78, 5) is 16.7. The number of aromatic nitrogens is 3. The van der Waals surface area contributed by atoms with E-state index in [0.717, 1.165) is 12.1 Å². The van der Waals surface area contributed by atoms with Crippen LogP contribution in [0.4, 0.5) is 5.13 Å². The van der Waals surface area contributed by atoms with Gasteiger partial charge in [0.25, 0.3) is 5.91 Å². The van der Waals surface area contributed by atoms with Crippen LogP contribution in [0.15, 0.2) is 58.7 Å². The van der Waals surface area contributed by atoms with E-state index in [1.807, 2.05) is 29.7 Å². The van der Waals surface area contributed by atoms with Gasteiger partial charge < -0.3 is 4.42 Å². The molecule has 0 saturated heterocycles. The van der Waals surface area contributed by atoms with E-state index in [4.69, 9.17) is 4.42 Å². The fourth-order valence-electron chi connectivity index (χ4n) is 2.35. The van der Waals surface area contributed by atoms with Crippen molar-refractivity contribution in [2.75, 3.05) is 5.32 Å². The number of hydrogen-bond donors (Lipinski definition) is 1. The summed E-state index contributed by atoms with van der Waals surface area (Å²) in [5.41, 5.74) is 2.00. The lowest BCUT2D eigenvalue weighted by Crippen LogP contribution is -2.17. The highest BCUT2D eigenvalue weighted by atomic mass is 32.1. The van der Waals surface area contributed by atoms with Gasteiger partial charge in [-0.05, 0) is 18.2 Å². The lowest BCUT2D eigenvalue weighted by molar-refractivity contribution is 0.102. The summed E-state index contributed by atoms with van der Waals surface area (Å²) < 4.78 is 7.04. The number of hydrogen-bond acceptors (Lipinski definition) is 5. The van der Waals surface area contributed by atoms with Gasteiger partial charge in [-0.25, -0.2) is 9.67 Å². The summed E-state index contributed by atoms with van der Waals surface area (Å²) in [5, 5.41) is 9.68. The quantitative estimate of drug-likeness (QED) is 0.795. The number of nitrogens with one attached hydrogen (secondary N) is 1. The zero-order valence-corrected chi connectivity index (χ0v) is 12.8. The molecule has 0 aliphatic heterocycles. The summed E-state index contributed by atoms with van der Waals surface area (Å²) >= 11 is 1.37. The van der Waals surface area contributed by atoms with Crippen molar-refractivity contribution < 1.29 is 9.21 Å². The zero-order chi connectivity index (χ0) is 15.6. The second kappa shape index (κ2) is 5.69. The maximum atomic E-state index is 12.6. The van der Waals surface area contributed by atoms with E-state index in [1.54, 1.807) is 29.3 Å². The molecule has 114 valence electrons. The van der Waals surface area contributed by atoms with E-state index < -0.39 is 0 Å². The first-order valence-electron chi connectivity index (χ1n) is 7.02. The molecule has 1 amide bonds. The lowest BCUT2D eigenvalue weighted by Gasteiger charge is -2.07. The van der Waals surface area contributed by atoms with Crippen LogP contribution in [0.25, 0.3) is 17.2 Å². The minimum absolute atomic E-state index is 0.252. The number of anilines is 1. The van der Waals surface area contributed by atoms with Crippen LogP contribution in [0.3, 0.4) is 0 Å². The molecule has 0 radical (unpaired) electrons. The van der Waals surface area contributed by atoms with Crippen LogP contribution < -0.4 is 5.32 Å². The minimum Gasteiger partial charge on any atom is -0.463 e. The molecule has 0 aromatic carbocycles. The summed E-state index contributed by atoms with van der Waals surface area (Å²) in [6.45, 7) is 0. The Labute approximate surface area is 135 Å². The first kappa shape index (κ1) is 13.7. The molecule has 0 unspecified atom stereocenters. The molecular weight excluding hydrogens is 312 g/mol. The number of rotatable bonds is 4. The second-order valence-corrected chi connectivity index (χ2v) is 5.78. The van der Waals surface area contributed by atoms with Gasteiger partial charge in [0.05, 0.1) is 6.26 Å². The highest BCUT2D eigenvalue weighted by Crippen LogP contribution is 2.25. The van der Waals surface area contributed by atoms with Crippen LogP contribution in [-0.4, -0.2) is 20.7 Å². The molecule has 3 aromatic rings. The van der Waals surface area contributed by atoms with Gasteiger partial charge in [0.15, 0.2) is 10.9 Å². The highest BCUT2D eigenvalue weighted by Gasteiger charge is 2.20. The maximum Gasteiger partial charge on any atom is 0.276 e. The van der Waals surface area contributed by atoms with Crippen LogP contribution in [0.2, 0.25) is 0 Å². The van der Waals surface area contributed by atoms with Gasteiger partial charge in [0.2, 0.25) is 0 Å². The van der Waals surface area contributed by atoms with Crippen molar-refractivity contribution in [2.24, 2.45) is 0 Å². The molecule has 0 spiro atoms. The summed E-state index contributed by atoms with van der Waals surface area (Å²) in [7, 11) is 0. The zero-order valence-electron chi connectivity index (χ0n) is 12.0. The Bertz CT molecular complexity index is 889. The number of furan rings is 1. The number of nitrogens with zero attached hydrogens (tertiary/aromatic N) is 3. The van der Waals surface area contributed by atoms with Gasteiger partial charge in [-0.15, -0.1) is 11.3 Å². The number of amides is 1. The molecule has 6 nitrogen and oxygen atoms in total. The SMILES string of the molecule is O=C(Nc1nccs1)c1cc(-c2ccco2)nn1C1=CC=CC1. The Morgan fingerprint density at radius 1 is 1.43 bits per heavy atom. The molecule has 0 saturated carbocycles. The Morgan fingerprint density at radius 3 is 3.09 bits per heavy atom. The average molecular weight is 324 g/mol. The second-order valence-electron chi connectivity index (χ2n) is 4.89. The van der Waals surface area contributed by atoms with Crippen LogP contribution in [-0.2, 0) is 0 Å². The molecule has 3 heterocycles. The smallest absolute Gasteiger partial charge is 0.276 e. The average Bonchev–Trinajstić information content (AvgIpc) is 3.30. The van der Waals surface area contributed by atoms with Crippen molar-refractivity contribution in [2.45, 2.75) is 6.42 Å². The van der Waals surface area contributed by atoms with Gasteiger partial charge in [-0.2, -0.15) is 5.10 Å². The largest absolute Gasteiger partial charge is 0.463 e. The van der Waals surface area contributed by atoms with E-state index in [0.29, 0.717) is 22.3 Å². The molecular formula is C16H12N4O2S. The molecule has 3 aromatic heterocycles. The fourth-order valence-corrected chi connectivity index (χ4v) is 2.87. The summed E-state index contributed by atoms with van der Waals surface area (Å²) in [6.07, 6.45) is 9.88. The van der Waals surface area contributed by atoms with Gasteiger partial charge in [-0.3, -0.25) is 10.1 Å². The number of allylic oxidation sites excluding steroid dienone is 4. The lowest BCUT2D eigenvalue weighted by atomic mass is 10.3. The Kier molecular flexibility index (Phi) is 3.39. The Balaban J connectivity index is 1.73. The maximum absolute atomic E-state index is 12.6. The van der Waals surface area contributed by atoms with Gasteiger partial charge in [0, 0.05) is 29.8 Å². The van der Waals surface area contributed by atoms with Gasteiger partial charge in [0.1, 0.15) is 11.4 Å². The molecule has 4 rings (SSSR count). The number of thiazole rings is 1. The molecule has 1 aliphatic rings. The monoisotopic (exact) mass is 324 g/mol. The molecule has 0 atom stereocenters. The molecule has 0 bridgehead atoms. The molecule has 7 heteroatoms. The predicted octanol–water partition coefficient (Wildman–Crippen LogP) is 3.65. The Morgan fingerprint density at radius 2 is 2.39 bits per heavy atom. The molecule has 23 heavy (non-hydrogen) atoms. The fraction of sp³-hybridized carbons (Fsp3) is 0.0625. The van der Waals surface area contributed by atoms with Crippen LogP contribution >= 0.6 is 11.3 Å². The van der Waals surface area contributed by atoms with E-state index in [9.17, 15) is 4.79 Å². The van der Waals surface area contributed by atoms with Crippen molar-refractivity contribution in [3.63, 3.8) is 0 Å². The number of carbonyl (C=O) groups excluding carboxylic acids is 1. The molecule has 1 N–H and O–H groups in total. The summed E-state index contributed by atoms with van der Waals surface area (Å²) in [6, 6.07) is 5.33. The van der Waals surface area contributed by atoms with Gasteiger partial charge >= 0.3 is 0 Å². The van der Waals surface area contributed by atoms with Crippen molar-refractivity contribution in [1.29, 1.82) is 0 Å². The minimum atomic E-state index is -0.252. The molecule has 1 aliphatic carbocycles. The van der Waals surface area contributed by atoms with Crippen molar-refractivity contribution in [3.05, 3.63) is 60.0 Å². The standard InChI is InChI=1S/C16H12N4O2S/c21-15(18-16-17-7-9-23-16)13-10-12(14-6-3-8-22-14)19-20(13)11-4-1-2-5-11/h1-4,6-10H,5H2,(H,17,18,21). The van der Waals surface area contributed by atoms with Crippen LogP contribution in [0.5, 0.6) is 0 Å². The van der Waals surface area contributed by atoms with Crippen molar-refractivity contribution in [1.82, 2.24) is 14.8 Å². The predicted molar refractivity (Wildman–Crippen MR) is 88.0 cm³/mol. The highest BCUT2D eigenvalue weighted by molar-refractivity contribution is 7.13. The first-order valence-corrected chi connectivity index (χ1v) is 7.90. The van der Waals surface area contributed by atoms with Crippen molar-refractivity contribution in [3.8, 4) is 11.5 Å². The van der Waals surface area contributed by atoms with E-state index in [-0.39, 0.29) is 5.91 Å². The summed E-state index contributed by atoms with van der Waals surface area (Å²) in [5.74, 6) is 0.372. The van der Waals surface area contributed by atoms with Crippen molar-refractivity contribution >= 4 is 28.1 Å². The van der Waals surface area contributed by atoms with Gasteiger partial charge in [-0.1, -0.05) is 12.2 Å². The van der Waals surface area contributed by atoms with E-state index >= 15 is 0 Å². The normalized spacial score (nSPS) is 13.3. The van der Waals surface area contributed by atoms with E-state index in [1.165, 1.54) is 11.3 Å². The first-order chi connectivity index (χ1) is 11.3. The molecule has 0 fully saturated rings. The Hall–Kier alpha value is -2.93. The topological polar surface area (TPSA) is 73.0 Å². The third kappa shape index (κ3) is 2.62. The third-order valence-electron chi connectivity index (χ3n) is 3.39. The third-order valence-corrected chi connectivity index (χ3v) is 4.08. The van der Waals surface area contributed by atoms with E-state index in [2.05, 4.69) is 15.4 Å². The van der Waals surface area contributed by atoms with Crippen LogP contribution in [0, 0.1) is 0 Å². The number of carbonyl (C=O) groups is 1. The van der Waals surface area contributed by atoms with Crippen LogP contribution in [0.1, 0.15) is 16.9 Å².